The van der Waals surface area contributed by atoms with Gasteiger partial charge in [-0.2, -0.15) is 0 Å². The van der Waals surface area contributed by atoms with Gasteiger partial charge in [0.05, 0.1) is 0 Å². The third-order valence-electron chi connectivity index (χ3n) is 2.86. The molecule has 2 rings (SSSR count). The van der Waals surface area contributed by atoms with Crippen LogP contribution in [0.15, 0.2) is 12.7 Å². The van der Waals surface area contributed by atoms with Gasteiger partial charge in [0.2, 0.25) is 11.8 Å². The lowest BCUT2D eigenvalue weighted by Crippen LogP contribution is -2.59. The first-order chi connectivity index (χ1) is 7.12. The Kier molecular flexibility index (Phi) is 2.10. The molecule has 4 amide bonds. The number of rotatable bonds is 3. The molecule has 0 bridgehead atoms. The predicted molar refractivity (Wildman–Crippen MR) is 51.7 cm³/mol. The number of hydrogen-bond acceptors (Lipinski definition) is 3. The fraction of sp³-hybridized carbons (Fsp3) is 0.500. The van der Waals surface area contributed by atoms with E-state index in [0.29, 0.717) is 25.8 Å². The Morgan fingerprint density at radius 3 is 2.60 bits per heavy atom. The number of nitrogens with one attached hydrogen (secondary N) is 1. The number of nitrogens with zero attached hydrogens (tertiary/aromatic N) is 1. The molecule has 5 nitrogen and oxygen atoms in total. The summed E-state index contributed by atoms with van der Waals surface area (Å²) in [5.41, 5.74) is -0.922. The molecule has 0 aromatic carbocycles. The van der Waals surface area contributed by atoms with Crippen molar-refractivity contribution in [3.8, 4) is 0 Å². The zero-order chi connectivity index (χ0) is 11.1. The zero-order valence-electron chi connectivity index (χ0n) is 8.28. The lowest BCUT2D eigenvalue weighted by atomic mass is 10.0. The first-order valence-electron chi connectivity index (χ1n) is 4.90. The molecule has 15 heavy (non-hydrogen) atoms. The summed E-state index contributed by atoms with van der Waals surface area (Å²) in [6.07, 6.45) is 3.28. The van der Waals surface area contributed by atoms with Crippen LogP contribution in [0, 0.1) is 5.41 Å². The predicted octanol–water partition coefficient (Wildman–Crippen LogP) is 0.421. The second-order valence-corrected chi connectivity index (χ2v) is 3.88. The third-order valence-corrected chi connectivity index (χ3v) is 2.86. The maximum atomic E-state index is 11.8. The van der Waals surface area contributed by atoms with E-state index in [1.807, 2.05) is 0 Å². The van der Waals surface area contributed by atoms with Gasteiger partial charge in [0.15, 0.2) is 0 Å². The standard InChI is InChI=1S/C10H12N2O3/c1-2-3-6-12-8(14)10(4-5-10)7(13)11-9(12)15/h2H,1,3-6H2,(H,11,13,15). The van der Waals surface area contributed by atoms with Crippen LogP contribution >= 0.6 is 0 Å². The van der Waals surface area contributed by atoms with Crippen LogP contribution < -0.4 is 5.32 Å². The SMILES string of the molecule is C=CCCN1C(=O)NC(=O)C2(CC2)C1=O. The van der Waals surface area contributed by atoms with E-state index in [1.165, 1.54) is 0 Å². The van der Waals surface area contributed by atoms with E-state index in [2.05, 4.69) is 11.9 Å². The average Bonchev–Trinajstić information content (AvgIpc) is 2.96. The van der Waals surface area contributed by atoms with Gasteiger partial charge in [-0.1, -0.05) is 6.08 Å². The minimum absolute atomic E-state index is 0.295. The summed E-state index contributed by atoms with van der Waals surface area (Å²) in [6.45, 7) is 3.82. The second-order valence-electron chi connectivity index (χ2n) is 3.88. The number of imide groups is 2. The van der Waals surface area contributed by atoms with Crippen LogP contribution in [0.25, 0.3) is 0 Å². The Labute approximate surface area is 87.1 Å². The van der Waals surface area contributed by atoms with E-state index >= 15 is 0 Å². The molecule has 0 unspecified atom stereocenters. The molecule has 1 saturated carbocycles. The monoisotopic (exact) mass is 208 g/mol. The lowest BCUT2D eigenvalue weighted by molar-refractivity contribution is -0.144. The lowest BCUT2D eigenvalue weighted by Gasteiger charge is -2.29. The van der Waals surface area contributed by atoms with Crippen molar-refractivity contribution >= 4 is 17.8 Å². The summed E-state index contributed by atoms with van der Waals surface area (Å²) < 4.78 is 0. The number of barbiturate groups is 1. The van der Waals surface area contributed by atoms with Crippen molar-refractivity contribution in [2.45, 2.75) is 19.3 Å². The highest BCUT2D eigenvalue weighted by Gasteiger charge is 2.61. The molecule has 1 aliphatic carbocycles. The van der Waals surface area contributed by atoms with Crippen LogP contribution in [-0.4, -0.2) is 29.3 Å². The molecule has 1 heterocycles. The van der Waals surface area contributed by atoms with Crippen molar-refractivity contribution in [3.05, 3.63) is 12.7 Å². The molecule has 5 heteroatoms. The van der Waals surface area contributed by atoms with Gasteiger partial charge in [0.1, 0.15) is 5.41 Å². The number of urea groups is 1. The highest BCUT2D eigenvalue weighted by Crippen LogP contribution is 2.48. The van der Waals surface area contributed by atoms with Gasteiger partial charge in [0, 0.05) is 6.54 Å². The molecule has 1 aliphatic heterocycles. The molecule has 0 aromatic heterocycles. The first kappa shape index (κ1) is 9.89. The Balaban J connectivity index is 2.17. The Hall–Kier alpha value is -1.65. The summed E-state index contributed by atoms with van der Waals surface area (Å²) in [6, 6.07) is -0.607. The summed E-state index contributed by atoms with van der Waals surface area (Å²) in [5, 5.41) is 2.21. The molecule has 1 saturated heterocycles. The van der Waals surface area contributed by atoms with Crippen molar-refractivity contribution in [3.63, 3.8) is 0 Å². The largest absolute Gasteiger partial charge is 0.330 e. The minimum Gasteiger partial charge on any atom is -0.277 e. The summed E-state index contributed by atoms with van der Waals surface area (Å²) in [5.74, 6) is -0.787. The Morgan fingerprint density at radius 1 is 1.40 bits per heavy atom. The molecule has 2 fully saturated rings. The van der Waals surface area contributed by atoms with E-state index in [0.717, 1.165) is 4.90 Å². The normalized spacial score (nSPS) is 22.9. The number of amides is 4. The van der Waals surface area contributed by atoms with Gasteiger partial charge in [-0.3, -0.25) is 19.8 Å². The Bertz CT molecular complexity index is 358. The van der Waals surface area contributed by atoms with Gasteiger partial charge < -0.3 is 0 Å². The van der Waals surface area contributed by atoms with Gasteiger partial charge in [0.25, 0.3) is 0 Å². The topological polar surface area (TPSA) is 66.5 Å². The van der Waals surface area contributed by atoms with Crippen LogP contribution in [0.3, 0.4) is 0 Å². The van der Waals surface area contributed by atoms with Crippen molar-refractivity contribution in [2.75, 3.05) is 6.54 Å². The molecule has 0 aromatic rings. The van der Waals surface area contributed by atoms with Gasteiger partial charge in [-0.05, 0) is 19.3 Å². The highest BCUT2D eigenvalue weighted by atomic mass is 16.2. The van der Waals surface area contributed by atoms with E-state index in [1.54, 1.807) is 6.08 Å². The van der Waals surface area contributed by atoms with Crippen molar-refractivity contribution < 1.29 is 14.4 Å². The molecular weight excluding hydrogens is 196 g/mol. The summed E-state index contributed by atoms with van der Waals surface area (Å²) >= 11 is 0. The number of hydrogen-bond donors (Lipinski definition) is 1. The molecular formula is C10H12N2O3. The number of carbonyl (C=O) groups excluding carboxylic acids is 3. The molecule has 0 atom stereocenters. The smallest absolute Gasteiger partial charge is 0.277 e. The van der Waals surface area contributed by atoms with Crippen LogP contribution in [0.4, 0.5) is 4.79 Å². The van der Waals surface area contributed by atoms with Gasteiger partial charge in [-0.15, -0.1) is 6.58 Å². The van der Waals surface area contributed by atoms with E-state index < -0.39 is 17.4 Å². The summed E-state index contributed by atoms with van der Waals surface area (Å²) in [7, 11) is 0. The third kappa shape index (κ3) is 1.35. The van der Waals surface area contributed by atoms with Crippen LogP contribution in [0.5, 0.6) is 0 Å². The fourth-order valence-electron chi connectivity index (χ4n) is 1.72. The molecule has 1 spiro atoms. The van der Waals surface area contributed by atoms with Crippen molar-refractivity contribution in [1.29, 1.82) is 0 Å². The molecule has 1 N–H and O–H groups in total. The van der Waals surface area contributed by atoms with E-state index in [4.69, 9.17) is 0 Å². The maximum Gasteiger partial charge on any atom is 0.330 e. The maximum absolute atomic E-state index is 11.8. The molecule has 0 radical (unpaired) electrons. The van der Waals surface area contributed by atoms with Crippen LogP contribution in [0.2, 0.25) is 0 Å². The summed E-state index contributed by atoms with van der Waals surface area (Å²) in [4.78, 5) is 35.7. The average molecular weight is 208 g/mol. The van der Waals surface area contributed by atoms with E-state index in [-0.39, 0.29) is 5.91 Å². The molecule has 2 aliphatic rings. The molecule has 80 valence electrons. The van der Waals surface area contributed by atoms with Gasteiger partial charge in [-0.25, -0.2) is 4.79 Å². The van der Waals surface area contributed by atoms with Gasteiger partial charge >= 0.3 is 6.03 Å². The number of carbonyl (C=O) groups is 3. The zero-order valence-corrected chi connectivity index (χ0v) is 8.28. The van der Waals surface area contributed by atoms with Crippen LogP contribution in [0.1, 0.15) is 19.3 Å². The minimum atomic E-state index is -0.922. The quantitative estimate of drug-likeness (QED) is 0.540. The first-order valence-corrected chi connectivity index (χ1v) is 4.90. The van der Waals surface area contributed by atoms with E-state index in [9.17, 15) is 14.4 Å². The fourth-order valence-corrected chi connectivity index (χ4v) is 1.72. The Morgan fingerprint density at radius 2 is 2.07 bits per heavy atom. The van der Waals surface area contributed by atoms with Crippen molar-refractivity contribution in [1.82, 2.24) is 10.2 Å². The van der Waals surface area contributed by atoms with Crippen molar-refractivity contribution in [2.24, 2.45) is 5.41 Å². The highest BCUT2D eigenvalue weighted by molar-refractivity contribution is 6.20. The second kappa shape index (κ2) is 3.18. The van der Waals surface area contributed by atoms with Crippen LogP contribution in [-0.2, 0) is 9.59 Å².